The zero-order valence-electron chi connectivity index (χ0n) is 10.6. The summed E-state index contributed by atoms with van der Waals surface area (Å²) in [5.41, 5.74) is -0.221. The predicted molar refractivity (Wildman–Crippen MR) is 65.3 cm³/mol. The lowest BCUT2D eigenvalue weighted by molar-refractivity contribution is 0.0478. The first kappa shape index (κ1) is 14.7. The highest BCUT2D eigenvalue weighted by Crippen LogP contribution is 2.15. The minimum Gasteiger partial charge on any atom is -0.478 e. The number of ether oxygens (including phenoxy) is 2. The fourth-order valence-corrected chi connectivity index (χ4v) is 1.44. The molecule has 0 radical (unpaired) electrons. The lowest BCUT2D eigenvalue weighted by atomic mass is 10.0. The highest BCUT2D eigenvalue weighted by molar-refractivity contribution is 6.05. The maximum Gasteiger partial charge on any atom is 0.339 e. The van der Waals surface area contributed by atoms with Crippen LogP contribution in [-0.4, -0.2) is 36.2 Å². The average molecular weight is 266 g/mol. The van der Waals surface area contributed by atoms with Crippen LogP contribution in [0.5, 0.6) is 0 Å². The molecule has 19 heavy (non-hydrogen) atoms. The Morgan fingerprint density at radius 3 is 2.00 bits per heavy atom. The summed E-state index contributed by atoms with van der Waals surface area (Å²) in [4.78, 5) is 34.3. The van der Waals surface area contributed by atoms with Gasteiger partial charge < -0.3 is 14.6 Å². The molecule has 6 heteroatoms. The van der Waals surface area contributed by atoms with Crippen LogP contribution < -0.4 is 0 Å². The van der Waals surface area contributed by atoms with Gasteiger partial charge in [0.05, 0.1) is 29.9 Å². The summed E-state index contributed by atoms with van der Waals surface area (Å²) in [5, 5.41) is 8.89. The molecule has 0 unspecified atom stereocenters. The Morgan fingerprint density at radius 2 is 1.53 bits per heavy atom. The predicted octanol–water partition coefficient (Wildman–Crippen LogP) is 1.74. The van der Waals surface area contributed by atoms with E-state index >= 15 is 0 Å². The molecule has 0 atom stereocenters. The largest absolute Gasteiger partial charge is 0.478 e. The normalized spacial score (nSPS) is 9.79. The zero-order valence-corrected chi connectivity index (χ0v) is 10.6. The standard InChI is InChI=1S/C13H14O6/c1-3-18-12(16)9-6-5-8(11(14)15)7-10(9)13(17)19-4-2/h5-7H,3-4H2,1-2H3,(H,14,15). The number of hydrogen-bond acceptors (Lipinski definition) is 5. The number of rotatable bonds is 5. The molecular formula is C13H14O6. The number of carbonyl (C=O) groups excluding carboxylic acids is 2. The maximum absolute atomic E-state index is 11.7. The summed E-state index contributed by atoms with van der Waals surface area (Å²) in [6.45, 7) is 3.52. The van der Waals surface area contributed by atoms with Crippen molar-refractivity contribution in [2.24, 2.45) is 0 Å². The van der Waals surface area contributed by atoms with Gasteiger partial charge in [0.1, 0.15) is 0 Å². The second kappa shape index (κ2) is 6.53. The number of carboxylic acid groups (broad SMARTS) is 1. The first-order valence-corrected chi connectivity index (χ1v) is 5.72. The molecule has 1 rings (SSSR count). The minimum absolute atomic E-state index is 0.00898. The zero-order chi connectivity index (χ0) is 14.4. The fourth-order valence-electron chi connectivity index (χ4n) is 1.44. The quantitative estimate of drug-likeness (QED) is 0.816. The van der Waals surface area contributed by atoms with E-state index in [-0.39, 0.29) is 29.9 Å². The van der Waals surface area contributed by atoms with Crippen molar-refractivity contribution in [3.63, 3.8) is 0 Å². The van der Waals surface area contributed by atoms with Crippen molar-refractivity contribution in [2.75, 3.05) is 13.2 Å². The van der Waals surface area contributed by atoms with Crippen molar-refractivity contribution in [1.29, 1.82) is 0 Å². The second-order valence-electron chi connectivity index (χ2n) is 3.51. The highest BCUT2D eigenvalue weighted by Gasteiger charge is 2.21. The number of carboxylic acids is 1. The molecule has 102 valence electrons. The van der Waals surface area contributed by atoms with Gasteiger partial charge in [-0.3, -0.25) is 0 Å². The van der Waals surface area contributed by atoms with Crippen LogP contribution in [0.4, 0.5) is 0 Å². The third-order valence-electron chi connectivity index (χ3n) is 2.26. The van der Waals surface area contributed by atoms with Gasteiger partial charge in [0.2, 0.25) is 0 Å². The Morgan fingerprint density at radius 1 is 1.00 bits per heavy atom. The van der Waals surface area contributed by atoms with Crippen molar-refractivity contribution in [2.45, 2.75) is 13.8 Å². The molecule has 6 nitrogen and oxygen atoms in total. The summed E-state index contributed by atoms with van der Waals surface area (Å²) in [6.07, 6.45) is 0. The number of hydrogen-bond donors (Lipinski definition) is 1. The van der Waals surface area contributed by atoms with Gasteiger partial charge in [0, 0.05) is 0 Å². The lowest BCUT2D eigenvalue weighted by Crippen LogP contribution is -2.15. The van der Waals surface area contributed by atoms with Gasteiger partial charge in [-0.15, -0.1) is 0 Å². The van der Waals surface area contributed by atoms with Gasteiger partial charge in [-0.05, 0) is 32.0 Å². The van der Waals surface area contributed by atoms with Crippen LogP contribution in [-0.2, 0) is 9.47 Å². The summed E-state index contributed by atoms with van der Waals surface area (Å²) in [7, 11) is 0. The number of benzene rings is 1. The molecule has 1 aromatic rings. The van der Waals surface area contributed by atoms with E-state index in [4.69, 9.17) is 14.6 Å². The van der Waals surface area contributed by atoms with Crippen molar-refractivity contribution in [3.05, 3.63) is 34.9 Å². The fraction of sp³-hybridized carbons (Fsp3) is 0.308. The third kappa shape index (κ3) is 3.54. The molecule has 0 saturated heterocycles. The number of carbonyl (C=O) groups is 3. The van der Waals surface area contributed by atoms with Gasteiger partial charge in [0.25, 0.3) is 0 Å². The maximum atomic E-state index is 11.7. The molecule has 1 N–H and O–H groups in total. The molecule has 0 saturated carbocycles. The van der Waals surface area contributed by atoms with Crippen molar-refractivity contribution < 1.29 is 29.0 Å². The van der Waals surface area contributed by atoms with Crippen molar-refractivity contribution in [3.8, 4) is 0 Å². The van der Waals surface area contributed by atoms with E-state index in [1.807, 2.05) is 0 Å². The summed E-state index contributed by atoms with van der Waals surface area (Å²) in [5.74, 6) is -2.64. The van der Waals surface area contributed by atoms with Crippen LogP contribution in [0.15, 0.2) is 18.2 Å². The van der Waals surface area contributed by atoms with E-state index in [0.717, 1.165) is 6.07 Å². The monoisotopic (exact) mass is 266 g/mol. The number of aromatic carboxylic acids is 1. The van der Waals surface area contributed by atoms with Crippen LogP contribution in [0.2, 0.25) is 0 Å². The Hall–Kier alpha value is -2.37. The third-order valence-corrected chi connectivity index (χ3v) is 2.26. The van der Waals surface area contributed by atoms with E-state index in [1.165, 1.54) is 12.1 Å². The van der Waals surface area contributed by atoms with Gasteiger partial charge in [-0.25, -0.2) is 14.4 Å². The smallest absolute Gasteiger partial charge is 0.339 e. The summed E-state index contributed by atoms with van der Waals surface area (Å²) < 4.78 is 9.60. The Balaban J connectivity index is 3.26. The molecule has 0 fully saturated rings. The van der Waals surface area contributed by atoms with Crippen LogP contribution in [0.1, 0.15) is 44.9 Å². The van der Waals surface area contributed by atoms with Crippen LogP contribution in [0, 0.1) is 0 Å². The SMILES string of the molecule is CCOC(=O)c1ccc(C(=O)O)cc1C(=O)OCC. The van der Waals surface area contributed by atoms with E-state index in [1.54, 1.807) is 13.8 Å². The first-order valence-electron chi connectivity index (χ1n) is 5.72. The number of esters is 2. The van der Waals surface area contributed by atoms with E-state index in [0.29, 0.717) is 0 Å². The molecular weight excluding hydrogens is 252 g/mol. The van der Waals surface area contributed by atoms with Crippen LogP contribution in [0.25, 0.3) is 0 Å². The molecule has 0 aliphatic rings. The van der Waals surface area contributed by atoms with Gasteiger partial charge in [-0.1, -0.05) is 0 Å². The minimum atomic E-state index is -1.19. The molecule has 1 aromatic carbocycles. The Labute approximate surface area is 109 Å². The highest BCUT2D eigenvalue weighted by atomic mass is 16.5. The lowest BCUT2D eigenvalue weighted by Gasteiger charge is -2.09. The molecule has 0 amide bonds. The Kier molecular flexibility index (Phi) is 5.05. The molecule has 0 aromatic heterocycles. The molecule has 0 bridgehead atoms. The van der Waals surface area contributed by atoms with E-state index < -0.39 is 17.9 Å². The van der Waals surface area contributed by atoms with E-state index in [9.17, 15) is 14.4 Å². The molecule has 0 spiro atoms. The summed E-state index contributed by atoms with van der Waals surface area (Å²) in [6, 6.07) is 3.58. The van der Waals surface area contributed by atoms with Crippen molar-refractivity contribution >= 4 is 17.9 Å². The van der Waals surface area contributed by atoms with Gasteiger partial charge in [0.15, 0.2) is 0 Å². The van der Waals surface area contributed by atoms with Gasteiger partial charge in [-0.2, -0.15) is 0 Å². The van der Waals surface area contributed by atoms with Crippen LogP contribution >= 0.6 is 0 Å². The average Bonchev–Trinajstić information content (AvgIpc) is 2.38. The van der Waals surface area contributed by atoms with Gasteiger partial charge >= 0.3 is 17.9 Å². The van der Waals surface area contributed by atoms with Crippen molar-refractivity contribution in [1.82, 2.24) is 0 Å². The molecule has 0 heterocycles. The topological polar surface area (TPSA) is 89.9 Å². The second-order valence-corrected chi connectivity index (χ2v) is 3.51. The summed E-state index contributed by atoms with van der Waals surface area (Å²) >= 11 is 0. The molecule has 0 aliphatic carbocycles. The molecule has 0 aliphatic heterocycles. The first-order chi connectivity index (χ1) is 9.01. The Bertz CT molecular complexity index is 506. The van der Waals surface area contributed by atoms with Crippen LogP contribution in [0.3, 0.4) is 0 Å². The van der Waals surface area contributed by atoms with E-state index in [2.05, 4.69) is 0 Å².